The molecule has 1 amide bonds. The number of rotatable bonds is 7. The fourth-order valence-electron chi connectivity index (χ4n) is 5.94. The first-order valence-corrected chi connectivity index (χ1v) is 16.2. The van der Waals surface area contributed by atoms with Gasteiger partial charge in [0.25, 0.3) is 5.56 Å². The Labute approximate surface area is 260 Å². The van der Waals surface area contributed by atoms with Gasteiger partial charge in [-0.25, -0.2) is 18.6 Å². The van der Waals surface area contributed by atoms with Crippen LogP contribution < -0.4 is 10.3 Å². The summed E-state index contributed by atoms with van der Waals surface area (Å²) in [4.78, 5) is 45.5. The van der Waals surface area contributed by atoms with E-state index in [9.17, 15) is 27.2 Å². The summed E-state index contributed by atoms with van der Waals surface area (Å²) in [6, 6.07) is 5.60. The SMILES string of the molecule is CCN(C)S(=O)(=O)Nc1ccc(F)c(C(=O)c2ccc3ncn(C4CC5(CCN(C(=O)OC(C)(C)C)CC5)C4)c(=O)c3c2)c1F. The van der Waals surface area contributed by atoms with Gasteiger partial charge in [-0.05, 0) is 82.2 Å². The lowest BCUT2D eigenvalue weighted by Gasteiger charge is -2.52. The molecule has 45 heavy (non-hydrogen) atoms. The number of ketones is 1. The van der Waals surface area contributed by atoms with Crippen molar-refractivity contribution < 1.29 is 31.5 Å². The summed E-state index contributed by atoms with van der Waals surface area (Å²) < 4.78 is 65.0. The molecule has 5 rings (SSSR count). The number of hydrogen-bond acceptors (Lipinski definition) is 7. The molecule has 2 fully saturated rings. The van der Waals surface area contributed by atoms with Gasteiger partial charge in [-0.2, -0.15) is 12.7 Å². The van der Waals surface area contributed by atoms with Crippen molar-refractivity contribution in [1.82, 2.24) is 18.8 Å². The molecule has 2 aliphatic rings. The summed E-state index contributed by atoms with van der Waals surface area (Å²) in [5, 5.41) is 0.117. The van der Waals surface area contributed by atoms with Crippen molar-refractivity contribution in [2.24, 2.45) is 5.41 Å². The number of carbonyl (C=O) groups is 2. The van der Waals surface area contributed by atoms with Crippen molar-refractivity contribution in [3.63, 3.8) is 0 Å². The highest BCUT2D eigenvalue weighted by molar-refractivity contribution is 7.90. The van der Waals surface area contributed by atoms with Crippen LogP contribution in [0.1, 0.15) is 75.3 Å². The van der Waals surface area contributed by atoms with Gasteiger partial charge in [0.05, 0.1) is 28.5 Å². The third-order valence-corrected chi connectivity index (χ3v) is 10.2. The molecule has 1 aliphatic heterocycles. The van der Waals surface area contributed by atoms with Gasteiger partial charge in [-0.1, -0.05) is 6.92 Å². The summed E-state index contributed by atoms with van der Waals surface area (Å²) in [6.45, 7) is 8.31. The van der Waals surface area contributed by atoms with Crippen LogP contribution in [-0.4, -0.2) is 71.3 Å². The van der Waals surface area contributed by atoms with Crippen molar-refractivity contribution >= 4 is 38.7 Å². The fourth-order valence-corrected chi connectivity index (χ4v) is 6.87. The summed E-state index contributed by atoms with van der Waals surface area (Å²) >= 11 is 0. The molecule has 1 N–H and O–H groups in total. The van der Waals surface area contributed by atoms with Gasteiger partial charge < -0.3 is 9.64 Å². The first kappa shape index (κ1) is 32.5. The van der Waals surface area contributed by atoms with E-state index in [1.54, 1.807) is 11.8 Å². The van der Waals surface area contributed by atoms with E-state index in [1.165, 1.54) is 36.1 Å². The standard InChI is InChI=1S/C31H37F2N5O6S/c1-6-36(5)45(42,43)35-24-10-8-22(32)25(26(24)33)27(39)19-7-9-23-21(15-19)28(40)38(18-34-23)20-16-31(17-20)11-13-37(14-12-31)29(41)44-30(2,3)4/h7-10,15,18,20,35H,6,11-14,16-17H2,1-5H3. The van der Waals surface area contributed by atoms with E-state index in [1.807, 2.05) is 25.5 Å². The predicted octanol–water partition coefficient (Wildman–Crippen LogP) is 4.87. The molecule has 14 heteroatoms. The molecule has 1 saturated heterocycles. The van der Waals surface area contributed by atoms with Crippen molar-refractivity contribution in [3.05, 3.63) is 69.8 Å². The second-order valence-electron chi connectivity index (χ2n) is 12.9. The minimum Gasteiger partial charge on any atom is -0.444 e. The molecule has 0 bridgehead atoms. The van der Waals surface area contributed by atoms with Gasteiger partial charge in [0, 0.05) is 38.3 Å². The molecular weight excluding hydrogens is 608 g/mol. The van der Waals surface area contributed by atoms with E-state index < -0.39 is 44.5 Å². The summed E-state index contributed by atoms with van der Waals surface area (Å²) in [7, 11) is -2.86. The van der Waals surface area contributed by atoms with E-state index >= 15 is 4.39 Å². The maximum absolute atomic E-state index is 15.4. The van der Waals surface area contributed by atoms with Gasteiger partial charge >= 0.3 is 16.3 Å². The molecule has 1 saturated carbocycles. The molecule has 1 spiro atoms. The van der Waals surface area contributed by atoms with Crippen LogP contribution >= 0.6 is 0 Å². The molecule has 2 aromatic carbocycles. The highest BCUT2D eigenvalue weighted by Gasteiger charge is 2.47. The molecule has 0 unspecified atom stereocenters. The Morgan fingerprint density at radius 1 is 1.13 bits per heavy atom. The van der Waals surface area contributed by atoms with E-state index in [2.05, 4.69) is 4.98 Å². The zero-order chi connectivity index (χ0) is 32.9. The van der Waals surface area contributed by atoms with E-state index in [0.29, 0.717) is 18.6 Å². The second-order valence-corrected chi connectivity index (χ2v) is 14.6. The van der Waals surface area contributed by atoms with E-state index in [0.717, 1.165) is 42.1 Å². The van der Waals surface area contributed by atoms with Gasteiger partial charge in [0.2, 0.25) is 0 Å². The quantitative estimate of drug-likeness (QED) is 0.363. The molecule has 0 atom stereocenters. The number of aromatic nitrogens is 2. The van der Waals surface area contributed by atoms with Crippen LogP contribution in [0.25, 0.3) is 10.9 Å². The Morgan fingerprint density at radius 3 is 2.42 bits per heavy atom. The van der Waals surface area contributed by atoms with Crippen LogP contribution in [-0.2, 0) is 14.9 Å². The Hall–Kier alpha value is -3.91. The van der Waals surface area contributed by atoms with Crippen molar-refractivity contribution in [2.75, 3.05) is 31.4 Å². The first-order valence-electron chi connectivity index (χ1n) is 14.8. The number of benzene rings is 2. The monoisotopic (exact) mass is 645 g/mol. The highest BCUT2D eigenvalue weighted by atomic mass is 32.2. The summed E-state index contributed by atoms with van der Waals surface area (Å²) in [5.41, 5.74) is -2.31. The lowest BCUT2D eigenvalue weighted by molar-refractivity contribution is -0.0241. The lowest BCUT2D eigenvalue weighted by Crippen LogP contribution is -2.51. The molecule has 1 aliphatic carbocycles. The van der Waals surface area contributed by atoms with Crippen LogP contribution in [0, 0.1) is 17.0 Å². The Balaban J connectivity index is 1.35. The topological polar surface area (TPSA) is 131 Å². The minimum absolute atomic E-state index is 0.00289. The van der Waals surface area contributed by atoms with Crippen LogP contribution in [0.4, 0.5) is 19.3 Å². The molecule has 3 aromatic rings. The predicted molar refractivity (Wildman–Crippen MR) is 164 cm³/mol. The van der Waals surface area contributed by atoms with Crippen LogP contribution in [0.2, 0.25) is 0 Å². The van der Waals surface area contributed by atoms with E-state index in [-0.39, 0.29) is 40.6 Å². The zero-order valence-electron chi connectivity index (χ0n) is 25.9. The van der Waals surface area contributed by atoms with Gasteiger partial charge in [0.15, 0.2) is 11.6 Å². The largest absolute Gasteiger partial charge is 0.444 e. The Bertz CT molecular complexity index is 1820. The van der Waals surface area contributed by atoms with Gasteiger partial charge in [0.1, 0.15) is 11.4 Å². The zero-order valence-corrected chi connectivity index (χ0v) is 26.7. The highest BCUT2D eigenvalue weighted by Crippen LogP contribution is 2.54. The average Bonchev–Trinajstić information content (AvgIpc) is 2.96. The third kappa shape index (κ3) is 6.43. The Morgan fingerprint density at radius 2 is 1.80 bits per heavy atom. The number of anilines is 1. The molecule has 11 nitrogen and oxygen atoms in total. The third-order valence-electron chi connectivity index (χ3n) is 8.66. The Kier molecular flexibility index (Phi) is 8.51. The molecule has 1 aromatic heterocycles. The molecule has 242 valence electrons. The molecule has 0 radical (unpaired) electrons. The number of halogens is 2. The second kappa shape index (κ2) is 11.8. The smallest absolute Gasteiger partial charge is 0.410 e. The van der Waals surface area contributed by atoms with Crippen molar-refractivity contribution in [1.29, 1.82) is 0 Å². The first-order chi connectivity index (χ1) is 21.0. The number of piperidine rings is 1. The molecular formula is C31H37F2N5O6S. The number of fused-ring (bicyclic) bond motifs is 1. The van der Waals surface area contributed by atoms with Crippen LogP contribution in [0.15, 0.2) is 41.5 Å². The fraction of sp³-hybridized carbons (Fsp3) is 0.484. The normalized spacial score (nSPS) is 17.0. The number of carbonyl (C=O) groups excluding carboxylic acids is 2. The average molecular weight is 646 g/mol. The number of likely N-dealkylation sites (tertiary alicyclic amines) is 1. The number of hydrogen-bond donors (Lipinski definition) is 1. The number of amides is 1. The molecule has 2 heterocycles. The summed E-state index contributed by atoms with van der Waals surface area (Å²) in [5.74, 6) is -3.59. The van der Waals surface area contributed by atoms with E-state index in [4.69, 9.17) is 4.74 Å². The maximum Gasteiger partial charge on any atom is 0.410 e. The maximum atomic E-state index is 15.4. The number of nitrogens with zero attached hydrogens (tertiary/aromatic N) is 4. The van der Waals surface area contributed by atoms with Gasteiger partial charge in [-0.3, -0.25) is 18.9 Å². The minimum atomic E-state index is -4.14. The van der Waals surface area contributed by atoms with Gasteiger partial charge in [-0.15, -0.1) is 0 Å². The number of nitrogens with one attached hydrogen (secondary N) is 1. The lowest BCUT2D eigenvalue weighted by atomic mass is 9.60. The van der Waals surface area contributed by atoms with Crippen LogP contribution in [0.5, 0.6) is 0 Å². The van der Waals surface area contributed by atoms with Crippen LogP contribution in [0.3, 0.4) is 0 Å². The number of ether oxygens (including phenoxy) is 1. The van der Waals surface area contributed by atoms with Crippen molar-refractivity contribution in [2.45, 2.75) is 65.0 Å². The summed E-state index contributed by atoms with van der Waals surface area (Å²) in [6.07, 6.45) is 4.18. The van der Waals surface area contributed by atoms with Crippen molar-refractivity contribution in [3.8, 4) is 0 Å².